The fourth-order valence-electron chi connectivity index (χ4n) is 2.34. The summed E-state index contributed by atoms with van der Waals surface area (Å²) in [5.74, 6) is 2.11. The molecule has 0 aliphatic heterocycles. The first-order chi connectivity index (χ1) is 12.1. The van der Waals surface area contributed by atoms with Crippen LogP contribution in [-0.2, 0) is 5.60 Å². The second-order valence-corrected chi connectivity index (χ2v) is 7.21. The van der Waals surface area contributed by atoms with Crippen LogP contribution in [0.2, 0.25) is 0 Å². The van der Waals surface area contributed by atoms with E-state index in [4.69, 9.17) is 0 Å². The molecule has 124 valence electrons. The molecule has 0 atom stereocenters. The Kier molecular flexibility index (Phi) is 5.31. The molecule has 0 aliphatic carbocycles. The molecule has 0 aliphatic rings. The third-order valence-electron chi connectivity index (χ3n) is 3.67. The van der Waals surface area contributed by atoms with E-state index in [1.54, 1.807) is 0 Å². The molecule has 0 saturated carbocycles. The minimum absolute atomic E-state index is 0.144. The summed E-state index contributed by atoms with van der Waals surface area (Å²) in [5.41, 5.74) is -0.744. The number of aliphatic hydroxyl groups is 1. The zero-order valence-electron chi connectivity index (χ0n) is 13.1. The standard InChI is InChI=1S/C21H14F2OSe/c22-18-10-6-16(7-11-18)21(24,17-8-12-19(23)13-9-17)14-15-25-20-4-2-1-3-5-20/h1-13,24H. The van der Waals surface area contributed by atoms with Crippen molar-refractivity contribution in [3.05, 3.63) is 102 Å². The second kappa shape index (κ2) is 7.63. The van der Waals surface area contributed by atoms with Gasteiger partial charge >= 0.3 is 151 Å². The second-order valence-electron chi connectivity index (χ2n) is 5.37. The molecule has 0 saturated heterocycles. The maximum atomic E-state index is 13.2. The van der Waals surface area contributed by atoms with E-state index >= 15 is 0 Å². The van der Waals surface area contributed by atoms with Gasteiger partial charge in [-0.3, -0.25) is 0 Å². The third-order valence-corrected chi connectivity index (χ3v) is 5.16. The summed E-state index contributed by atoms with van der Waals surface area (Å²) in [6.07, 6.45) is 0. The quantitative estimate of drug-likeness (QED) is 0.530. The van der Waals surface area contributed by atoms with Gasteiger partial charge in [-0.25, -0.2) is 0 Å². The number of halogens is 2. The Balaban J connectivity index is 2.00. The summed E-state index contributed by atoms with van der Waals surface area (Å²) in [4.78, 5) is 3.04. The van der Waals surface area contributed by atoms with E-state index in [9.17, 15) is 13.9 Å². The van der Waals surface area contributed by atoms with Crippen molar-refractivity contribution in [2.24, 2.45) is 0 Å². The van der Waals surface area contributed by atoms with E-state index in [0.29, 0.717) is 11.1 Å². The summed E-state index contributed by atoms with van der Waals surface area (Å²) >= 11 is -0.144. The van der Waals surface area contributed by atoms with E-state index < -0.39 is 17.2 Å². The summed E-state index contributed by atoms with van der Waals surface area (Å²) in [5, 5.41) is 11.2. The molecule has 0 amide bonds. The zero-order chi connectivity index (χ0) is 17.7. The Morgan fingerprint density at radius 1 is 0.720 bits per heavy atom. The minimum atomic E-state index is -1.63. The van der Waals surface area contributed by atoms with Gasteiger partial charge in [-0.15, -0.1) is 0 Å². The average molecular weight is 399 g/mol. The van der Waals surface area contributed by atoms with Crippen molar-refractivity contribution in [3.63, 3.8) is 0 Å². The predicted molar refractivity (Wildman–Crippen MR) is 95.4 cm³/mol. The molecule has 3 aromatic rings. The first-order valence-electron chi connectivity index (χ1n) is 7.56. The van der Waals surface area contributed by atoms with Crippen molar-refractivity contribution in [2.45, 2.75) is 5.60 Å². The predicted octanol–water partition coefficient (Wildman–Crippen LogP) is 3.19. The summed E-state index contributed by atoms with van der Waals surface area (Å²) in [7, 11) is 0. The Morgan fingerprint density at radius 3 is 1.68 bits per heavy atom. The van der Waals surface area contributed by atoms with E-state index in [0.717, 1.165) is 4.46 Å². The van der Waals surface area contributed by atoms with Gasteiger partial charge in [0.05, 0.1) is 0 Å². The molecule has 0 heterocycles. The van der Waals surface area contributed by atoms with Crippen LogP contribution in [0, 0.1) is 22.4 Å². The van der Waals surface area contributed by atoms with E-state index in [-0.39, 0.29) is 15.0 Å². The molecule has 1 N–H and O–H groups in total. The Hall–Kier alpha value is -2.44. The monoisotopic (exact) mass is 400 g/mol. The molecule has 0 unspecified atom stereocenters. The van der Waals surface area contributed by atoms with Crippen LogP contribution in [0.15, 0.2) is 78.9 Å². The topological polar surface area (TPSA) is 20.2 Å². The normalized spacial score (nSPS) is 10.8. The number of rotatable bonds is 3. The van der Waals surface area contributed by atoms with Crippen LogP contribution in [0.4, 0.5) is 8.78 Å². The first-order valence-corrected chi connectivity index (χ1v) is 9.28. The van der Waals surface area contributed by atoms with Crippen LogP contribution in [0.25, 0.3) is 0 Å². The number of benzene rings is 3. The van der Waals surface area contributed by atoms with E-state index in [2.05, 4.69) is 10.7 Å². The fourth-order valence-corrected chi connectivity index (χ4v) is 3.62. The van der Waals surface area contributed by atoms with Crippen molar-refractivity contribution in [1.29, 1.82) is 0 Å². The molecular formula is C21H14F2OSe. The molecule has 1 nitrogen and oxygen atoms in total. The van der Waals surface area contributed by atoms with Gasteiger partial charge in [-0.2, -0.15) is 0 Å². The van der Waals surface area contributed by atoms with Crippen LogP contribution in [0.5, 0.6) is 0 Å². The summed E-state index contributed by atoms with van der Waals surface area (Å²) in [6.45, 7) is 0. The fraction of sp³-hybridized carbons (Fsp3) is 0.0476. The van der Waals surface area contributed by atoms with Crippen LogP contribution in [0.1, 0.15) is 11.1 Å². The molecular weight excluding hydrogens is 385 g/mol. The van der Waals surface area contributed by atoms with Crippen molar-refractivity contribution in [3.8, 4) is 10.7 Å². The molecule has 3 aromatic carbocycles. The molecule has 3 rings (SSSR count). The first kappa shape index (κ1) is 17.4. The average Bonchev–Trinajstić information content (AvgIpc) is 2.63. The van der Waals surface area contributed by atoms with Gasteiger partial charge in [0.25, 0.3) is 0 Å². The van der Waals surface area contributed by atoms with Gasteiger partial charge in [0, 0.05) is 0 Å². The van der Waals surface area contributed by atoms with Gasteiger partial charge in [-0.1, -0.05) is 0 Å². The zero-order valence-corrected chi connectivity index (χ0v) is 14.8. The van der Waals surface area contributed by atoms with Gasteiger partial charge in [-0.05, 0) is 0 Å². The van der Waals surface area contributed by atoms with E-state index in [1.165, 1.54) is 48.5 Å². The van der Waals surface area contributed by atoms with Gasteiger partial charge in [0.2, 0.25) is 0 Å². The molecule has 0 fully saturated rings. The van der Waals surface area contributed by atoms with Crippen LogP contribution >= 0.6 is 0 Å². The molecule has 0 spiro atoms. The SMILES string of the molecule is OC(C#C[Se]c1ccccc1)(c1ccc(F)cc1)c1ccc(F)cc1. The van der Waals surface area contributed by atoms with E-state index in [1.807, 2.05) is 30.3 Å². The number of hydrogen-bond acceptors (Lipinski definition) is 1. The molecule has 4 heteroatoms. The maximum absolute atomic E-state index is 13.2. The molecule has 25 heavy (non-hydrogen) atoms. The third kappa shape index (κ3) is 4.15. The Bertz CT molecular complexity index is 849. The summed E-state index contributed by atoms with van der Waals surface area (Å²) in [6, 6.07) is 20.8. The van der Waals surface area contributed by atoms with Crippen molar-refractivity contribution >= 4 is 19.4 Å². The Labute approximate surface area is 151 Å². The molecule has 0 aromatic heterocycles. The van der Waals surface area contributed by atoms with Gasteiger partial charge < -0.3 is 0 Å². The molecule has 0 radical (unpaired) electrons. The van der Waals surface area contributed by atoms with Crippen molar-refractivity contribution in [1.82, 2.24) is 0 Å². The van der Waals surface area contributed by atoms with Crippen LogP contribution in [0.3, 0.4) is 0 Å². The van der Waals surface area contributed by atoms with Gasteiger partial charge in [0.1, 0.15) is 0 Å². The van der Waals surface area contributed by atoms with Crippen LogP contribution < -0.4 is 4.46 Å². The van der Waals surface area contributed by atoms with Gasteiger partial charge in [0.15, 0.2) is 0 Å². The molecule has 0 bridgehead atoms. The summed E-state index contributed by atoms with van der Waals surface area (Å²) < 4.78 is 27.6. The van der Waals surface area contributed by atoms with Crippen molar-refractivity contribution < 1.29 is 13.9 Å². The Morgan fingerprint density at radius 2 is 1.20 bits per heavy atom. The number of hydrogen-bond donors (Lipinski definition) is 1. The van der Waals surface area contributed by atoms with Crippen molar-refractivity contribution in [2.75, 3.05) is 0 Å². The van der Waals surface area contributed by atoms with Crippen LogP contribution in [-0.4, -0.2) is 20.1 Å².